The van der Waals surface area contributed by atoms with Crippen LogP contribution in [0, 0.1) is 0 Å². The van der Waals surface area contributed by atoms with E-state index >= 15 is 0 Å². The van der Waals surface area contributed by atoms with Gasteiger partial charge in [-0.05, 0) is 42.0 Å². The highest BCUT2D eigenvalue weighted by atomic mass is 35.5. The molecular weight excluding hydrogens is 447 g/mol. The van der Waals surface area contributed by atoms with E-state index in [1.165, 1.54) is 0 Å². The van der Waals surface area contributed by atoms with Gasteiger partial charge in [0.15, 0.2) is 5.75 Å². The van der Waals surface area contributed by atoms with Crippen molar-refractivity contribution in [3.63, 3.8) is 0 Å². The number of aromatic nitrogens is 2. The van der Waals surface area contributed by atoms with Crippen LogP contribution in [0.4, 0.5) is 11.5 Å². The quantitative estimate of drug-likeness (QED) is 0.204. The summed E-state index contributed by atoms with van der Waals surface area (Å²) in [6.45, 7) is 1.73. The van der Waals surface area contributed by atoms with Crippen molar-refractivity contribution >= 4 is 51.6 Å². The van der Waals surface area contributed by atoms with Gasteiger partial charge in [-0.25, -0.2) is 4.98 Å². The third kappa shape index (κ3) is 4.33. The van der Waals surface area contributed by atoms with Crippen molar-refractivity contribution in [1.29, 1.82) is 0 Å². The third-order valence-electron chi connectivity index (χ3n) is 4.97. The van der Waals surface area contributed by atoms with E-state index in [9.17, 15) is 4.79 Å². The second-order valence-corrected chi connectivity index (χ2v) is 7.83. The predicted molar refractivity (Wildman–Crippen MR) is 128 cm³/mol. The van der Waals surface area contributed by atoms with E-state index in [-0.39, 0.29) is 6.42 Å². The molecule has 8 heteroatoms. The van der Waals surface area contributed by atoms with Gasteiger partial charge in [-0.3, -0.25) is 9.78 Å². The van der Waals surface area contributed by atoms with Crippen molar-refractivity contribution in [2.45, 2.75) is 19.4 Å². The SMILES string of the molecule is CCC(=O)Oc1c(C(Nc2ccccn2)c2cccc(N)c2Cl)cc(Cl)c2cccnc12. The van der Waals surface area contributed by atoms with Crippen molar-refractivity contribution in [2.75, 3.05) is 11.1 Å². The molecule has 0 saturated carbocycles. The topological polar surface area (TPSA) is 90.1 Å². The van der Waals surface area contributed by atoms with Gasteiger partial charge in [0.25, 0.3) is 0 Å². The number of carbonyl (C=O) groups excluding carboxylic acids is 1. The van der Waals surface area contributed by atoms with Gasteiger partial charge >= 0.3 is 5.97 Å². The van der Waals surface area contributed by atoms with E-state index < -0.39 is 12.0 Å². The summed E-state index contributed by atoms with van der Waals surface area (Å²) in [7, 11) is 0. The Labute approximate surface area is 195 Å². The number of fused-ring (bicyclic) bond motifs is 1. The van der Waals surface area contributed by atoms with Crippen LogP contribution in [0.25, 0.3) is 10.9 Å². The second kappa shape index (κ2) is 9.42. The minimum absolute atomic E-state index is 0.202. The number of nitrogen functional groups attached to an aromatic ring is 1. The van der Waals surface area contributed by atoms with E-state index in [1.54, 1.807) is 37.5 Å². The van der Waals surface area contributed by atoms with Crippen LogP contribution in [0.5, 0.6) is 5.75 Å². The lowest BCUT2D eigenvalue weighted by atomic mass is 9.95. The number of hydrogen-bond acceptors (Lipinski definition) is 6. The number of anilines is 2. The minimum atomic E-state index is -0.579. The van der Waals surface area contributed by atoms with Crippen LogP contribution >= 0.6 is 23.2 Å². The van der Waals surface area contributed by atoms with Crippen LogP contribution in [0.1, 0.15) is 30.5 Å². The number of pyridine rings is 2. The van der Waals surface area contributed by atoms with Crippen LogP contribution < -0.4 is 15.8 Å². The van der Waals surface area contributed by atoms with Crippen LogP contribution in [0.15, 0.2) is 67.0 Å². The highest BCUT2D eigenvalue weighted by Crippen LogP contribution is 2.43. The maximum Gasteiger partial charge on any atom is 0.310 e. The standard InChI is InChI=1S/C24H20Cl2N4O2/c1-2-20(31)32-24-16(13-17(25)14-8-6-12-29-23(14)24)22(30-19-10-3-4-11-28-19)15-7-5-9-18(27)21(15)26/h3-13,22H,2,27H2,1H3,(H,28,30). The summed E-state index contributed by atoms with van der Waals surface area (Å²) in [5, 5.41) is 4.89. The number of esters is 1. The molecule has 0 radical (unpaired) electrons. The molecule has 0 bridgehead atoms. The van der Waals surface area contributed by atoms with Gasteiger partial charge in [0.2, 0.25) is 0 Å². The van der Waals surface area contributed by atoms with Gasteiger partial charge in [-0.1, -0.05) is 48.3 Å². The lowest BCUT2D eigenvalue weighted by Gasteiger charge is -2.25. The molecule has 6 nitrogen and oxygen atoms in total. The van der Waals surface area contributed by atoms with E-state index in [4.69, 9.17) is 33.7 Å². The van der Waals surface area contributed by atoms with Crippen LogP contribution in [-0.4, -0.2) is 15.9 Å². The summed E-state index contributed by atoms with van der Waals surface area (Å²) in [6.07, 6.45) is 3.50. The number of nitrogens with two attached hydrogens (primary N) is 1. The Kier molecular flexibility index (Phi) is 6.44. The molecule has 0 aliphatic rings. The fourth-order valence-electron chi connectivity index (χ4n) is 3.41. The first-order valence-electron chi connectivity index (χ1n) is 9.98. The zero-order valence-electron chi connectivity index (χ0n) is 17.2. The Hall–Kier alpha value is -3.35. The summed E-state index contributed by atoms with van der Waals surface area (Å²) in [5.74, 6) is 0.514. The average Bonchev–Trinajstić information content (AvgIpc) is 2.82. The van der Waals surface area contributed by atoms with E-state index in [0.717, 1.165) is 0 Å². The maximum absolute atomic E-state index is 12.3. The first-order chi connectivity index (χ1) is 15.5. The van der Waals surface area contributed by atoms with E-state index in [0.29, 0.717) is 49.3 Å². The molecule has 1 unspecified atom stereocenters. The number of ether oxygens (including phenoxy) is 1. The molecule has 0 amide bonds. The van der Waals surface area contributed by atoms with Gasteiger partial charge in [0.1, 0.15) is 11.3 Å². The summed E-state index contributed by atoms with van der Waals surface area (Å²) in [5.41, 5.74) is 8.26. The molecule has 2 aromatic carbocycles. The second-order valence-electron chi connectivity index (χ2n) is 7.05. The minimum Gasteiger partial charge on any atom is -0.424 e. The molecule has 0 fully saturated rings. The normalized spacial score (nSPS) is 11.8. The Morgan fingerprint density at radius 1 is 1.06 bits per heavy atom. The molecule has 2 heterocycles. The molecule has 3 N–H and O–H groups in total. The first-order valence-corrected chi connectivity index (χ1v) is 10.7. The number of carbonyl (C=O) groups is 1. The zero-order valence-corrected chi connectivity index (χ0v) is 18.7. The molecule has 4 rings (SSSR count). The fourth-order valence-corrected chi connectivity index (χ4v) is 3.92. The summed E-state index contributed by atoms with van der Waals surface area (Å²) in [4.78, 5) is 21.2. The number of nitrogens with zero attached hydrogens (tertiary/aromatic N) is 2. The molecular formula is C24H20Cl2N4O2. The smallest absolute Gasteiger partial charge is 0.310 e. The Balaban J connectivity index is 1.99. The molecule has 4 aromatic rings. The number of benzene rings is 2. The highest BCUT2D eigenvalue weighted by Gasteiger charge is 2.26. The predicted octanol–water partition coefficient (Wildman–Crippen LogP) is 6.04. The molecule has 32 heavy (non-hydrogen) atoms. The van der Waals surface area contributed by atoms with Crippen molar-refractivity contribution in [2.24, 2.45) is 0 Å². The van der Waals surface area contributed by atoms with Crippen molar-refractivity contribution < 1.29 is 9.53 Å². The van der Waals surface area contributed by atoms with Crippen molar-refractivity contribution in [3.8, 4) is 5.75 Å². The van der Waals surface area contributed by atoms with Gasteiger partial charge in [-0.15, -0.1) is 0 Å². The fraction of sp³-hybridized carbons (Fsp3) is 0.125. The average molecular weight is 467 g/mol. The summed E-state index contributed by atoms with van der Waals surface area (Å²) >= 11 is 13.2. The Morgan fingerprint density at radius 3 is 2.62 bits per heavy atom. The number of halogens is 2. The van der Waals surface area contributed by atoms with Gasteiger partial charge in [0.05, 0.1) is 21.8 Å². The molecule has 0 aliphatic heterocycles. The van der Waals surface area contributed by atoms with Gasteiger partial charge in [0, 0.05) is 29.8 Å². The number of rotatable bonds is 6. The van der Waals surface area contributed by atoms with Crippen LogP contribution in [0.2, 0.25) is 10.0 Å². The lowest BCUT2D eigenvalue weighted by molar-refractivity contribution is -0.133. The van der Waals surface area contributed by atoms with Gasteiger partial charge in [-0.2, -0.15) is 0 Å². The molecule has 0 spiro atoms. The summed E-state index contributed by atoms with van der Waals surface area (Å²) in [6, 6.07) is 15.7. The summed E-state index contributed by atoms with van der Waals surface area (Å²) < 4.78 is 5.78. The number of hydrogen-bond donors (Lipinski definition) is 2. The van der Waals surface area contributed by atoms with Crippen LogP contribution in [-0.2, 0) is 4.79 Å². The Morgan fingerprint density at radius 2 is 1.88 bits per heavy atom. The van der Waals surface area contributed by atoms with Crippen LogP contribution in [0.3, 0.4) is 0 Å². The van der Waals surface area contributed by atoms with Crippen molar-refractivity contribution in [1.82, 2.24) is 9.97 Å². The monoisotopic (exact) mass is 466 g/mol. The zero-order chi connectivity index (χ0) is 22.7. The molecule has 1 atom stereocenters. The largest absolute Gasteiger partial charge is 0.424 e. The maximum atomic E-state index is 12.3. The van der Waals surface area contributed by atoms with E-state index in [1.807, 2.05) is 36.4 Å². The van der Waals surface area contributed by atoms with Crippen molar-refractivity contribution in [3.05, 3.63) is 88.2 Å². The van der Waals surface area contributed by atoms with E-state index in [2.05, 4.69) is 15.3 Å². The molecule has 0 saturated heterocycles. The molecule has 162 valence electrons. The lowest BCUT2D eigenvalue weighted by Crippen LogP contribution is -2.17. The third-order valence-corrected chi connectivity index (χ3v) is 5.72. The highest BCUT2D eigenvalue weighted by molar-refractivity contribution is 6.36. The molecule has 2 aromatic heterocycles. The molecule has 0 aliphatic carbocycles. The first kappa shape index (κ1) is 21.9. The Bertz CT molecular complexity index is 1280. The van der Waals surface area contributed by atoms with Gasteiger partial charge < -0.3 is 15.8 Å². The number of nitrogens with one attached hydrogen (secondary N) is 1.